The maximum absolute atomic E-state index is 11.4. The van der Waals surface area contributed by atoms with Gasteiger partial charge in [0.1, 0.15) is 6.29 Å². The van der Waals surface area contributed by atoms with Gasteiger partial charge in [-0.05, 0) is 30.2 Å². The van der Waals surface area contributed by atoms with Crippen LogP contribution in [0.3, 0.4) is 0 Å². The monoisotopic (exact) mass is 272 g/mol. The van der Waals surface area contributed by atoms with E-state index in [1.54, 1.807) is 5.19 Å². The summed E-state index contributed by atoms with van der Waals surface area (Å²) in [5.74, 6) is 1.85. The second kappa shape index (κ2) is 4.90. The van der Waals surface area contributed by atoms with Crippen molar-refractivity contribution in [3.8, 4) is 0 Å². The average Bonchev–Trinajstić information content (AvgIpc) is 2.67. The molecule has 4 atom stereocenters. The second-order valence-corrected chi connectivity index (χ2v) is 11.7. The van der Waals surface area contributed by atoms with Crippen LogP contribution in [0.5, 0.6) is 0 Å². The number of hydrogen-bond acceptors (Lipinski definition) is 1. The first-order valence-electron chi connectivity index (χ1n) is 7.65. The van der Waals surface area contributed by atoms with Crippen molar-refractivity contribution < 1.29 is 4.79 Å². The predicted molar refractivity (Wildman–Crippen MR) is 82.3 cm³/mol. The van der Waals surface area contributed by atoms with Gasteiger partial charge in [-0.2, -0.15) is 0 Å². The van der Waals surface area contributed by atoms with Gasteiger partial charge < -0.3 is 4.79 Å². The van der Waals surface area contributed by atoms with Crippen LogP contribution in [-0.2, 0) is 4.79 Å². The largest absolute Gasteiger partial charge is 0.303 e. The quantitative estimate of drug-likeness (QED) is 0.607. The highest BCUT2D eigenvalue weighted by molar-refractivity contribution is 6.91. The van der Waals surface area contributed by atoms with Crippen LogP contribution < -0.4 is 5.19 Å². The average molecular weight is 272 g/mol. The van der Waals surface area contributed by atoms with Crippen LogP contribution in [0, 0.1) is 17.8 Å². The molecule has 0 N–H and O–H groups in total. The van der Waals surface area contributed by atoms with Gasteiger partial charge in [0.15, 0.2) is 0 Å². The van der Waals surface area contributed by atoms with Gasteiger partial charge in [-0.1, -0.05) is 61.5 Å². The van der Waals surface area contributed by atoms with Gasteiger partial charge in [0.25, 0.3) is 0 Å². The van der Waals surface area contributed by atoms with Crippen LogP contribution in [-0.4, -0.2) is 14.4 Å². The van der Waals surface area contributed by atoms with Crippen molar-refractivity contribution in [3.63, 3.8) is 0 Å². The molecule has 0 radical (unpaired) electrons. The Hall–Kier alpha value is -0.893. The number of hydrogen-bond donors (Lipinski definition) is 0. The summed E-state index contributed by atoms with van der Waals surface area (Å²) in [4.78, 5) is 11.4. The van der Waals surface area contributed by atoms with Crippen molar-refractivity contribution in [1.82, 2.24) is 0 Å². The highest BCUT2D eigenvalue weighted by Crippen LogP contribution is 2.56. The van der Waals surface area contributed by atoms with E-state index in [9.17, 15) is 4.79 Å². The number of carbonyl (C=O) groups is 1. The van der Waals surface area contributed by atoms with E-state index in [0.29, 0.717) is 11.8 Å². The molecule has 2 heteroatoms. The van der Waals surface area contributed by atoms with Crippen molar-refractivity contribution in [1.29, 1.82) is 0 Å². The lowest BCUT2D eigenvalue weighted by molar-refractivity contribution is -0.112. The Balaban J connectivity index is 1.95. The molecule has 2 aliphatic rings. The normalized spacial score (nSPS) is 34.2. The summed E-state index contributed by atoms with van der Waals surface area (Å²) in [6.45, 7) is 5.04. The van der Waals surface area contributed by atoms with Crippen LogP contribution in [0.4, 0.5) is 0 Å². The molecule has 0 unspecified atom stereocenters. The zero-order valence-electron chi connectivity index (χ0n) is 12.0. The summed E-state index contributed by atoms with van der Waals surface area (Å²) in [5, 5.41) is 1.57. The van der Waals surface area contributed by atoms with E-state index in [4.69, 9.17) is 0 Å². The molecule has 2 aliphatic carbocycles. The molecule has 0 spiro atoms. The minimum atomic E-state index is -1.46. The van der Waals surface area contributed by atoms with E-state index >= 15 is 0 Å². The van der Waals surface area contributed by atoms with Crippen molar-refractivity contribution >= 4 is 19.5 Å². The summed E-state index contributed by atoms with van der Waals surface area (Å²) in [6.07, 6.45) is 6.42. The van der Waals surface area contributed by atoms with Crippen molar-refractivity contribution in [2.24, 2.45) is 17.8 Å². The molecule has 2 bridgehead atoms. The molecule has 0 amide bonds. The fraction of sp³-hybridized carbons (Fsp3) is 0.588. The van der Waals surface area contributed by atoms with Crippen LogP contribution in [0.15, 0.2) is 30.3 Å². The number of benzene rings is 1. The van der Waals surface area contributed by atoms with E-state index < -0.39 is 8.07 Å². The van der Waals surface area contributed by atoms with E-state index in [1.165, 1.54) is 32.0 Å². The topological polar surface area (TPSA) is 17.1 Å². The Kier molecular flexibility index (Phi) is 3.38. The highest BCUT2D eigenvalue weighted by atomic mass is 28.3. The molecule has 1 nitrogen and oxygen atoms in total. The maximum atomic E-state index is 11.4. The first-order valence-corrected chi connectivity index (χ1v) is 10.7. The molecule has 0 aliphatic heterocycles. The zero-order valence-corrected chi connectivity index (χ0v) is 13.0. The molecule has 2 saturated carbocycles. The number of rotatable bonds is 3. The van der Waals surface area contributed by atoms with E-state index in [1.807, 2.05) is 0 Å². The van der Waals surface area contributed by atoms with Gasteiger partial charge in [-0.15, -0.1) is 0 Å². The molecule has 1 aromatic rings. The Labute approximate surface area is 117 Å². The van der Waals surface area contributed by atoms with E-state index in [2.05, 4.69) is 43.4 Å². The molecular weight excluding hydrogens is 248 g/mol. The first kappa shape index (κ1) is 13.1. The van der Waals surface area contributed by atoms with Crippen LogP contribution in [0.2, 0.25) is 18.6 Å². The second-order valence-electron chi connectivity index (χ2n) is 7.00. The van der Waals surface area contributed by atoms with Crippen LogP contribution in [0.1, 0.15) is 25.7 Å². The molecule has 2 fully saturated rings. The first-order chi connectivity index (χ1) is 9.14. The molecule has 0 aromatic heterocycles. The zero-order chi connectivity index (χ0) is 13.5. The molecule has 19 heavy (non-hydrogen) atoms. The van der Waals surface area contributed by atoms with E-state index in [0.717, 1.165) is 11.5 Å². The molecule has 3 rings (SSSR count). The fourth-order valence-electron chi connectivity index (χ4n) is 4.93. The smallest absolute Gasteiger partial charge is 0.123 e. The van der Waals surface area contributed by atoms with Crippen LogP contribution in [0.25, 0.3) is 0 Å². The van der Waals surface area contributed by atoms with Crippen molar-refractivity contribution in [2.75, 3.05) is 0 Å². The Morgan fingerprint density at radius 2 is 1.89 bits per heavy atom. The Bertz CT molecular complexity index is 454. The standard InChI is InChI=1S/C17H24OSi/c1-19(2,15-8-4-3-5-9-15)17-13-7-6-10-16(17)14(11-13)12-18/h3-5,8-9,12-14,16-17H,6-7,10-11H2,1-2H3/t13-,14+,16+,17-/m1/s1. The SMILES string of the molecule is C[Si](C)(c1ccccc1)[C@@H]1[C@@H]2CCC[C@H]1[C@H](C=O)C2. The molecule has 1 aromatic carbocycles. The van der Waals surface area contributed by atoms with Gasteiger partial charge in [-0.3, -0.25) is 0 Å². The van der Waals surface area contributed by atoms with Gasteiger partial charge in [0.05, 0.1) is 8.07 Å². The van der Waals surface area contributed by atoms with Crippen LogP contribution >= 0.6 is 0 Å². The lowest BCUT2D eigenvalue weighted by atomic mass is 9.86. The lowest BCUT2D eigenvalue weighted by Crippen LogP contribution is -2.50. The maximum Gasteiger partial charge on any atom is 0.123 e. The summed E-state index contributed by atoms with van der Waals surface area (Å²) < 4.78 is 0. The summed E-state index contributed by atoms with van der Waals surface area (Å²) >= 11 is 0. The van der Waals surface area contributed by atoms with Gasteiger partial charge >= 0.3 is 0 Å². The van der Waals surface area contributed by atoms with E-state index in [-0.39, 0.29) is 0 Å². The van der Waals surface area contributed by atoms with Crippen molar-refractivity contribution in [3.05, 3.63) is 30.3 Å². The van der Waals surface area contributed by atoms with Gasteiger partial charge in [0.2, 0.25) is 0 Å². The Morgan fingerprint density at radius 1 is 1.16 bits per heavy atom. The Morgan fingerprint density at radius 3 is 2.58 bits per heavy atom. The third kappa shape index (κ3) is 2.10. The van der Waals surface area contributed by atoms with Gasteiger partial charge in [0, 0.05) is 5.92 Å². The molecule has 0 heterocycles. The number of carbonyl (C=O) groups excluding carboxylic acids is 1. The minimum Gasteiger partial charge on any atom is -0.303 e. The minimum absolute atomic E-state index is 0.355. The third-order valence-electron chi connectivity index (χ3n) is 5.73. The predicted octanol–water partition coefficient (Wildman–Crippen LogP) is 3.61. The molecule has 0 saturated heterocycles. The molecular formula is C17H24OSi. The number of aldehydes is 1. The summed E-state index contributed by atoms with van der Waals surface area (Å²) in [7, 11) is -1.46. The lowest BCUT2D eigenvalue weighted by Gasteiger charge is -2.41. The molecule has 102 valence electrons. The number of fused-ring (bicyclic) bond motifs is 2. The summed E-state index contributed by atoms with van der Waals surface area (Å²) in [6, 6.07) is 11.1. The van der Waals surface area contributed by atoms with Crippen molar-refractivity contribution in [2.45, 2.75) is 44.3 Å². The fourth-order valence-corrected chi connectivity index (χ4v) is 9.34. The third-order valence-corrected chi connectivity index (χ3v) is 10.1. The summed E-state index contributed by atoms with van der Waals surface area (Å²) in [5.41, 5.74) is 0.818. The van der Waals surface area contributed by atoms with Gasteiger partial charge in [-0.25, -0.2) is 0 Å². The highest BCUT2D eigenvalue weighted by Gasteiger charge is 2.52.